The minimum Gasteiger partial charge on any atom is 0 e. The van der Waals surface area contributed by atoms with Gasteiger partial charge in [0.25, 0.3) is 0 Å². The van der Waals surface area contributed by atoms with Crippen molar-refractivity contribution in [3.05, 3.63) is 174 Å². The fourth-order valence-corrected chi connectivity index (χ4v) is 9.89. The second-order valence-electron chi connectivity index (χ2n) is 14.2. The monoisotopic (exact) mass is 965 g/mol. The third-order valence-electron chi connectivity index (χ3n) is 9.33. The van der Waals surface area contributed by atoms with Crippen LogP contribution in [0.2, 0.25) is 17.3 Å². The summed E-state index contributed by atoms with van der Waals surface area (Å²) >= 11 is -0.110. The zero-order valence-electron chi connectivity index (χ0n) is 34.3. The number of nitrogens with zero attached hydrogens (tertiary/aromatic N) is 2. The van der Waals surface area contributed by atoms with Crippen molar-refractivity contribution in [2.24, 2.45) is 0 Å². The van der Waals surface area contributed by atoms with Crippen molar-refractivity contribution in [2.45, 2.75) is 36.9 Å². The first kappa shape index (κ1) is 32.9. The molecule has 0 bridgehead atoms. The maximum atomic E-state index is 15.3. The predicted octanol–water partition coefficient (Wildman–Crippen LogP) is 12.5. The number of hydrogen-bond donors (Lipinski definition) is 0. The normalized spacial score (nSPS) is 13.1. The van der Waals surface area contributed by atoms with Gasteiger partial charge in [-0.05, 0) is 63.8 Å². The van der Waals surface area contributed by atoms with E-state index in [2.05, 4.69) is 94.8 Å². The van der Waals surface area contributed by atoms with Crippen molar-refractivity contribution in [3.63, 3.8) is 0 Å². The number of rotatable bonds is 6. The smallest absolute Gasteiger partial charge is 0 e. The van der Waals surface area contributed by atoms with Gasteiger partial charge >= 0.3 is 99.8 Å². The molecule has 0 aliphatic carbocycles. The van der Waals surface area contributed by atoms with Crippen molar-refractivity contribution in [1.29, 1.82) is 0 Å². The van der Waals surface area contributed by atoms with Gasteiger partial charge in [-0.3, -0.25) is 4.98 Å². The van der Waals surface area contributed by atoms with Gasteiger partial charge in [-0.2, -0.15) is 11.3 Å². The van der Waals surface area contributed by atoms with Crippen LogP contribution in [0, 0.1) is 24.9 Å². The Kier molecular flexibility index (Phi) is 9.78. The number of benzene rings is 6. The summed E-state index contributed by atoms with van der Waals surface area (Å²) in [6.45, 7) is 2.08. The van der Waals surface area contributed by atoms with E-state index in [1.807, 2.05) is 48.7 Å². The fraction of sp³-hybridized carbons (Fsp3) is 0.125. The van der Waals surface area contributed by atoms with E-state index in [0.29, 0.717) is 11.3 Å². The Morgan fingerprint density at radius 3 is 2.28 bits per heavy atom. The van der Waals surface area contributed by atoms with E-state index in [0.717, 1.165) is 59.2 Å². The molecule has 3 aromatic heterocycles. The van der Waals surface area contributed by atoms with E-state index in [1.54, 1.807) is 29.5 Å². The Hall–Kier alpha value is -4.52. The molecule has 2 nitrogen and oxygen atoms in total. The van der Waals surface area contributed by atoms with Crippen LogP contribution in [0.5, 0.6) is 0 Å². The summed E-state index contributed by atoms with van der Waals surface area (Å²) in [6.07, 6.45) is -2.15. The van der Waals surface area contributed by atoms with E-state index >= 15 is 4.39 Å². The molecule has 0 aliphatic heterocycles. The summed E-state index contributed by atoms with van der Waals surface area (Å²) in [5.41, 5.74) is 3.99. The van der Waals surface area contributed by atoms with Gasteiger partial charge in [0.15, 0.2) is 0 Å². The minimum atomic E-state index is -2.68. The van der Waals surface area contributed by atoms with Crippen LogP contribution in [-0.4, -0.2) is 23.2 Å². The third kappa shape index (κ3) is 7.97. The molecule has 6 heteroatoms. The number of fused-ring (bicyclic) bond motifs is 6. The Balaban J connectivity index is 0.000000254. The molecular weight excluding hydrogens is 920 g/mol. The second kappa shape index (κ2) is 16.1. The molecule has 3 heterocycles. The average molecular weight is 964 g/mol. The number of thiophene rings is 1. The third-order valence-corrected chi connectivity index (χ3v) is 14.8. The predicted molar refractivity (Wildman–Crippen MR) is 226 cm³/mol. The van der Waals surface area contributed by atoms with Gasteiger partial charge in [0.1, 0.15) is 5.82 Å². The van der Waals surface area contributed by atoms with Crippen molar-refractivity contribution in [3.8, 4) is 22.5 Å². The number of hydrogen-bond acceptors (Lipinski definition) is 3. The van der Waals surface area contributed by atoms with Gasteiger partial charge in [-0.1, -0.05) is 94.7 Å². The summed E-state index contributed by atoms with van der Waals surface area (Å²) in [7, 11) is 0. The van der Waals surface area contributed by atoms with E-state index in [1.165, 1.54) is 28.2 Å². The second-order valence-corrected chi connectivity index (χ2v) is 25.9. The van der Waals surface area contributed by atoms with Crippen molar-refractivity contribution < 1.29 is 30.0 Å². The van der Waals surface area contributed by atoms with E-state index < -0.39 is 31.8 Å². The first-order valence-electron chi connectivity index (χ1n) is 19.6. The first-order chi connectivity index (χ1) is 27.2. The van der Waals surface area contributed by atoms with Crippen LogP contribution in [-0.2, 0) is 32.9 Å². The van der Waals surface area contributed by atoms with E-state index in [-0.39, 0.29) is 31.2 Å². The molecule has 0 fully saturated rings. The van der Waals surface area contributed by atoms with Crippen LogP contribution in [0.3, 0.4) is 0 Å². The molecule has 269 valence electrons. The van der Waals surface area contributed by atoms with Crippen molar-refractivity contribution in [2.75, 3.05) is 0 Å². The molecule has 0 saturated carbocycles. The molecule has 0 amide bonds. The Morgan fingerprint density at radius 1 is 0.741 bits per heavy atom. The number of aryl methyl sites for hydroxylation is 3. The zero-order valence-corrected chi connectivity index (χ0v) is 35.6. The van der Waals surface area contributed by atoms with Crippen LogP contribution in [0.25, 0.3) is 64.2 Å². The molecule has 9 aromatic rings. The molecule has 9 rings (SSSR count). The molecule has 1 radical (unpaired) electrons. The van der Waals surface area contributed by atoms with Crippen LogP contribution in [0.4, 0.5) is 4.39 Å². The molecule has 0 aliphatic rings. The summed E-state index contributed by atoms with van der Waals surface area (Å²) in [6, 6.07) is 47.1. The quantitative estimate of drug-likeness (QED) is 0.123. The number of halogens is 1. The van der Waals surface area contributed by atoms with Crippen LogP contribution < -0.4 is 4.40 Å². The summed E-state index contributed by atoms with van der Waals surface area (Å²) in [4.78, 5) is 8.91. The summed E-state index contributed by atoms with van der Waals surface area (Å²) in [5, 5.41) is 6.35. The summed E-state index contributed by atoms with van der Waals surface area (Å²) < 4.78 is 53.7. The SMILES string of the molecule is [2H]C([2H])(c1ccccc1)C([2H])([2H])c1cc(-c2[c-]c3ccccc3c3c2sc2cc4cc(C)ccc4cc23)ncc1F.[CH3][Ge]([CH3])([CH3])[c]1ccc(-c2[c-]cccc2)nc1.[Ir]. The van der Waals surface area contributed by atoms with E-state index in [9.17, 15) is 0 Å². The number of aromatic nitrogens is 2. The Labute approximate surface area is 342 Å². The van der Waals surface area contributed by atoms with Crippen molar-refractivity contribution in [1.82, 2.24) is 9.97 Å². The maximum Gasteiger partial charge on any atom is 0 e. The Morgan fingerprint density at radius 2 is 1.52 bits per heavy atom. The first-order valence-corrected chi connectivity index (χ1v) is 25.7. The maximum absolute atomic E-state index is 15.3. The van der Waals surface area contributed by atoms with E-state index in [4.69, 9.17) is 5.48 Å². The summed E-state index contributed by atoms with van der Waals surface area (Å²) in [5.74, 6) is 6.25. The molecule has 6 aromatic carbocycles. The van der Waals surface area contributed by atoms with Gasteiger partial charge in [0, 0.05) is 36.0 Å². The average Bonchev–Trinajstić information content (AvgIpc) is 3.59. The molecular formula is C48H39FGeIrN2S-2. The van der Waals surface area contributed by atoms with Gasteiger partial charge in [0.2, 0.25) is 0 Å². The topological polar surface area (TPSA) is 25.8 Å². The van der Waals surface area contributed by atoms with Crippen molar-refractivity contribution >= 4 is 70.7 Å². The fourth-order valence-electron chi connectivity index (χ4n) is 6.47. The molecule has 0 N–H and O–H groups in total. The standard InChI is InChI=1S/C34H23FNS.C14H16GeN.Ir/c1-21-11-13-23-16-29-32(19-26(23)15-21)37-34-28(17-24-9-5-6-10-27(24)33(29)34)31-18-25(30(35)20-36-31)14-12-22-7-3-2-4-8-22;1-15(2,3)13-9-10-14(16-11-13)12-7-5-4-6-8-12;/h2-11,13,15-16,18-20H,12,14H2,1H3;4-7,9-11H,1-3H3;/q2*-1;/i12D2,14D2;;. The molecule has 0 saturated heterocycles. The molecule has 54 heavy (non-hydrogen) atoms. The molecule has 0 spiro atoms. The van der Waals surface area contributed by atoms with Gasteiger partial charge in [0.05, 0.1) is 6.20 Å². The Bertz CT molecular complexity index is 2920. The zero-order chi connectivity index (χ0) is 40.1. The van der Waals surface area contributed by atoms with Crippen LogP contribution >= 0.6 is 11.3 Å². The van der Waals surface area contributed by atoms with Gasteiger partial charge in [-0.15, -0.1) is 17.5 Å². The largest absolute Gasteiger partial charge is 0 e. The van der Waals surface area contributed by atoms with Crippen LogP contribution in [0.1, 0.15) is 22.2 Å². The van der Waals surface area contributed by atoms with Crippen LogP contribution in [0.15, 0.2) is 140 Å². The molecule has 0 unspecified atom stereocenters. The molecule has 0 atom stereocenters. The minimum absolute atomic E-state index is 0. The van der Waals surface area contributed by atoms with Gasteiger partial charge < -0.3 is 0 Å². The van der Waals surface area contributed by atoms with Gasteiger partial charge in [-0.25, -0.2) is 4.39 Å². The number of pyridine rings is 2.